The normalized spacial score (nSPS) is 13.6. The average molecular weight is 247 g/mol. The molecule has 0 radical (unpaired) electrons. The zero-order chi connectivity index (χ0) is 13.4. The molecule has 0 aromatic heterocycles. The summed E-state index contributed by atoms with van der Waals surface area (Å²) >= 11 is 0. The molecule has 0 saturated carbocycles. The number of rotatable bonds is 7. The van der Waals surface area contributed by atoms with Crippen LogP contribution < -0.4 is 5.32 Å². The Morgan fingerprint density at radius 3 is 2.22 bits per heavy atom. The third-order valence-corrected chi connectivity index (χ3v) is 3.38. The van der Waals surface area contributed by atoms with E-state index in [2.05, 4.69) is 63.3 Å². The van der Waals surface area contributed by atoms with Gasteiger partial charge >= 0.3 is 0 Å². The van der Waals surface area contributed by atoms with Crippen molar-refractivity contribution < 1.29 is 0 Å². The van der Waals surface area contributed by atoms with Gasteiger partial charge in [-0.05, 0) is 23.9 Å². The average Bonchev–Trinajstić information content (AvgIpc) is 2.33. The van der Waals surface area contributed by atoms with Crippen molar-refractivity contribution in [2.45, 2.75) is 59.4 Å². The molecule has 18 heavy (non-hydrogen) atoms. The van der Waals surface area contributed by atoms with Crippen molar-refractivity contribution in [2.24, 2.45) is 5.41 Å². The van der Waals surface area contributed by atoms with Gasteiger partial charge in [0, 0.05) is 6.04 Å². The number of unbranched alkanes of at least 4 members (excludes halogenated alkanes) is 3. The fraction of sp³-hybridized carbons (Fsp3) is 0.647. The molecule has 1 heteroatoms. The zero-order valence-corrected chi connectivity index (χ0v) is 12.5. The molecule has 0 heterocycles. The first-order valence-corrected chi connectivity index (χ1v) is 7.34. The molecular formula is C17H29N. The molecule has 0 bridgehead atoms. The molecule has 1 N–H and O–H groups in total. The van der Waals surface area contributed by atoms with Gasteiger partial charge in [-0.1, -0.05) is 77.3 Å². The fourth-order valence-corrected chi connectivity index (χ4v) is 2.37. The van der Waals surface area contributed by atoms with Gasteiger partial charge in [0.1, 0.15) is 0 Å². The van der Waals surface area contributed by atoms with Gasteiger partial charge in [-0.25, -0.2) is 0 Å². The standard InChI is InChI=1S/C17H29N/c1-5-6-7-11-14-18-16(17(2,3)4)15-12-9-8-10-13-15/h8-10,12-13,16,18H,5-7,11,14H2,1-4H3. The molecule has 0 fully saturated rings. The molecular weight excluding hydrogens is 218 g/mol. The third-order valence-electron chi connectivity index (χ3n) is 3.38. The lowest BCUT2D eigenvalue weighted by molar-refractivity contribution is 0.271. The first-order valence-electron chi connectivity index (χ1n) is 7.34. The van der Waals surface area contributed by atoms with Crippen LogP contribution in [0, 0.1) is 5.41 Å². The van der Waals surface area contributed by atoms with E-state index in [9.17, 15) is 0 Å². The molecule has 0 amide bonds. The van der Waals surface area contributed by atoms with Crippen LogP contribution in [-0.2, 0) is 0 Å². The van der Waals surface area contributed by atoms with Crippen LogP contribution in [0.4, 0.5) is 0 Å². The first kappa shape index (κ1) is 15.2. The van der Waals surface area contributed by atoms with Gasteiger partial charge in [0.15, 0.2) is 0 Å². The highest BCUT2D eigenvalue weighted by atomic mass is 14.9. The van der Waals surface area contributed by atoms with Crippen molar-refractivity contribution in [3.8, 4) is 0 Å². The maximum atomic E-state index is 3.73. The second-order valence-electron chi connectivity index (χ2n) is 6.22. The van der Waals surface area contributed by atoms with Crippen molar-refractivity contribution >= 4 is 0 Å². The van der Waals surface area contributed by atoms with E-state index >= 15 is 0 Å². The molecule has 0 spiro atoms. The molecule has 1 unspecified atom stereocenters. The summed E-state index contributed by atoms with van der Waals surface area (Å²) in [7, 11) is 0. The van der Waals surface area contributed by atoms with Gasteiger partial charge in [-0.3, -0.25) is 0 Å². The summed E-state index contributed by atoms with van der Waals surface area (Å²) in [6.45, 7) is 10.3. The molecule has 1 rings (SSSR count). The van der Waals surface area contributed by atoms with Gasteiger partial charge < -0.3 is 5.32 Å². The Bertz CT molecular complexity index is 310. The molecule has 0 aliphatic heterocycles. The molecule has 1 aromatic rings. The summed E-state index contributed by atoms with van der Waals surface area (Å²) in [5.74, 6) is 0. The molecule has 0 aliphatic rings. The number of hydrogen-bond donors (Lipinski definition) is 1. The van der Waals surface area contributed by atoms with Crippen LogP contribution in [0.15, 0.2) is 30.3 Å². The summed E-state index contributed by atoms with van der Waals surface area (Å²) in [6.07, 6.45) is 5.29. The second-order valence-corrected chi connectivity index (χ2v) is 6.22. The van der Waals surface area contributed by atoms with Gasteiger partial charge in [0.2, 0.25) is 0 Å². The molecule has 102 valence electrons. The molecule has 1 atom stereocenters. The predicted octanol–water partition coefficient (Wildman–Crippen LogP) is 4.94. The highest BCUT2D eigenvalue weighted by Gasteiger charge is 2.25. The Labute approximate surface area is 113 Å². The smallest absolute Gasteiger partial charge is 0.0369 e. The minimum absolute atomic E-state index is 0.256. The topological polar surface area (TPSA) is 12.0 Å². The van der Waals surface area contributed by atoms with E-state index in [1.54, 1.807) is 0 Å². The number of benzene rings is 1. The summed E-state index contributed by atoms with van der Waals surface area (Å²) in [5, 5.41) is 3.73. The minimum atomic E-state index is 0.256. The Morgan fingerprint density at radius 1 is 1.00 bits per heavy atom. The van der Waals surface area contributed by atoms with E-state index in [1.165, 1.54) is 31.2 Å². The van der Waals surface area contributed by atoms with Gasteiger partial charge in [0.25, 0.3) is 0 Å². The maximum Gasteiger partial charge on any atom is 0.0369 e. The van der Waals surface area contributed by atoms with Crippen LogP contribution >= 0.6 is 0 Å². The van der Waals surface area contributed by atoms with Gasteiger partial charge in [0.05, 0.1) is 0 Å². The largest absolute Gasteiger partial charge is 0.309 e. The fourth-order valence-electron chi connectivity index (χ4n) is 2.37. The van der Waals surface area contributed by atoms with E-state index in [0.29, 0.717) is 6.04 Å². The Balaban J connectivity index is 2.53. The molecule has 0 aliphatic carbocycles. The van der Waals surface area contributed by atoms with Crippen LogP contribution in [0.5, 0.6) is 0 Å². The van der Waals surface area contributed by atoms with Crippen LogP contribution in [0.3, 0.4) is 0 Å². The van der Waals surface area contributed by atoms with E-state index in [0.717, 1.165) is 6.54 Å². The monoisotopic (exact) mass is 247 g/mol. The summed E-state index contributed by atoms with van der Waals surface area (Å²) < 4.78 is 0. The van der Waals surface area contributed by atoms with Crippen LogP contribution in [-0.4, -0.2) is 6.54 Å². The summed E-state index contributed by atoms with van der Waals surface area (Å²) in [4.78, 5) is 0. The molecule has 0 saturated heterocycles. The SMILES string of the molecule is CCCCCCNC(c1ccccc1)C(C)(C)C. The predicted molar refractivity (Wildman–Crippen MR) is 80.8 cm³/mol. The number of hydrogen-bond acceptors (Lipinski definition) is 1. The highest BCUT2D eigenvalue weighted by Crippen LogP contribution is 2.32. The second kappa shape index (κ2) is 7.58. The van der Waals surface area contributed by atoms with E-state index in [1.807, 2.05) is 0 Å². The van der Waals surface area contributed by atoms with Gasteiger partial charge in [-0.15, -0.1) is 0 Å². The Morgan fingerprint density at radius 2 is 1.67 bits per heavy atom. The van der Waals surface area contributed by atoms with Crippen molar-refractivity contribution in [1.29, 1.82) is 0 Å². The maximum absolute atomic E-state index is 3.73. The quantitative estimate of drug-likeness (QED) is 0.673. The first-order chi connectivity index (χ1) is 8.55. The van der Waals surface area contributed by atoms with E-state index in [4.69, 9.17) is 0 Å². The molecule has 1 nitrogen and oxygen atoms in total. The number of nitrogens with one attached hydrogen (secondary N) is 1. The van der Waals surface area contributed by atoms with E-state index < -0.39 is 0 Å². The zero-order valence-electron chi connectivity index (χ0n) is 12.5. The summed E-state index contributed by atoms with van der Waals surface area (Å²) in [6, 6.07) is 11.3. The van der Waals surface area contributed by atoms with Crippen LogP contribution in [0.25, 0.3) is 0 Å². The van der Waals surface area contributed by atoms with E-state index in [-0.39, 0.29) is 5.41 Å². The highest BCUT2D eigenvalue weighted by molar-refractivity contribution is 5.20. The van der Waals surface area contributed by atoms with Crippen LogP contribution in [0.1, 0.15) is 65.0 Å². The summed E-state index contributed by atoms with van der Waals surface area (Å²) in [5.41, 5.74) is 1.66. The minimum Gasteiger partial charge on any atom is -0.309 e. The Kier molecular flexibility index (Phi) is 6.42. The Hall–Kier alpha value is -0.820. The van der Waals surface area contributed by atoms with Crippen molar-refractivity contribution in [3.05, 3.63) is 35.9 Å². The van der Waals surface area contributed by atoms with Crippen molar-refractivity contribution in [3.63, 3.8) is 0 Å². The lowest BCUT2D eigenvalue weighted by Gasteiger charge is -2.32. The van der Waals surface area contributed by atoms with Crippen LogP contribution in [0.2, 0.25) is 0 Å². The van der Waals surface area contributed by atoms with Crippen molar-refractivity contribution in [1.82, 2.24) is 5.32 Å². The molecule has 1 aromatic carbocycles. The van der Waals surface area contributed by atoms with Crippen molar-refractivity contribution in [2.75, 3.05) is 6.54 Å². The third kappa shape index (κ3) is 5.22. The lowest BCUT2D eigenvalue weighted by Crippen LogP contribution is -2.33. The van der Waals surface area contributed by atoms with Gasteiger partial charge in [-0.2, -0.15) is 0 Å². The lowest BCUT2D eigenvalue weighted by atomic mass is 9.82.